The smallest absolute Gasteiger partial charge is 0.315 e. The molecule has 6 heteroatoms. The van der Waals surface area contributed by atoms with Gasteiger partial charge in [-0.1, -0.05) is 44.5 Å². The molecule has 0 bridgehead atoms. The average Bonchev–Trinajstić information content (AvgIpc) is 3.32. The zero-order chi connectivity index (χ0) is 21.2. The largest absolute Gasteiger partial charge is 0.468 e. The van der Waals surface area contributed by atoms with Crippen LogP contribution in [0.1, 0.15) is 56.0 Å². The van der Waals surface area contributed by atoms with Gasteiger partial charge in [-0.15, -0.1) is 0 Å². The summed E-state index contributed by atoms with van der Waals surface area (Å²) < 4.78 is 5.65. The number of piperidine rings is 1. The Labute approximate surface area is 180 Å². The van der Waals surface area contributed by atoms with Crippen LogP contribution in [-0.2, 0) is 13.1 Å². The molecule has 1 atom stereocenters. The predicted octanol–water partition coefficient (Wildman–Crippen LogP) is 4.15. The molecule has 2 aromatic rings. The lowest BCUT2D eigenvalue weighted by atomic mass is 10.1. The van der Waals surface area contributed by atoms with Crippen LogP contribution in [0.2, 0.25) is 0 Å². The highest BCUT2D eigenvalue weighted by molar-refractivity contribution is 5.73. The van der Waals surface area contributed by atoms with Gasteiger partial charge in [0, 0.05) is 19.6 Å². The third-order valence-corrected chi connectivity index (χ3v) is 5.94. The highest BCUT2D eigenvalue weighted by Crippen LogP contribution is 2.24. The van der Waals surface area contributed by atoms with Crippen molar-refractivity contribution in [2.24, 2.45) is 0 Å². The summed E-state index contributed by atoms with van der Waals surface area (Å²) in [6.07, 6.45) is 5.39. The molecular weight excluding hydrogens is 376 g/mol. The molecule has 1 fully saturated rings. The van der Waals surface area contributed by atoms with Gasteiger partial charge in [-0.3, -0.25) is 9.80 Å². The van der Waals surface area contributed by atoms with Crippen molar-refractivity contribution < 1.29 is 9.21 Å². The van der Waals surface area contributed by atoms with Crippen LogP contribution in [-0.4, -0.2) is 48.6 Å². The number of likely N-dealkylation sites (tertiary alicyclic amines) is 1. The third kappa shape index (κ3) is 6.61. The molecule has 1 aromatic heterocycles. The summed E-state index contributed by atoms with van der Waals surface area (Å²) in [5, 5.41) is 6.01. The van der Waals surface area contributed by atoms with Gasteiger partial charge in [-0.05, 0) is 62.3 Å². The van der Waals surface area contributed by atoms with Crippen molar-refractivity contribution in [3.8, 4) is 0 Å². The van der Waals surface area contributed by atoms with E-state index in [1.807, 2.05) is 12.1 Å². The monoisotopic (exact) mass is 412 g/mol. The van der Waals surface area contributed by atoms with Crippen molar-refractivity contribution in [2.45, 2.75) is 52.2 Å². The van der Waals surface area contributed by atoms with Crippen molar-refractivity contribution in [2.75, 3.05) is 32.7 Å². The molecule has 0 aliphatic carbocycles. The van der Waals surface area contributed by atoms with E-state index in [-0.39, 0.29) is 12.1 Å². The van der Waals surface area contributed by atoms with Crippen molar-refractivity contribution in [3.05, 3.63) is 59.5 Å². The number of carbonyl (C=O) groups excluding carboxylic acids is 1. The lowest BCUT2D eigenvalue weighted by Gasteiger charge is -2.33. The maximum atomic E-state index is 12.4. The van der Waals surface area contributed by atoms with Gasteiger partial charge in [-0.2, -0.15) is 0 Å². The second-order valence-electron chi connectivity index (χ2n) is 7.97. The SMILES string of the molecule is CCN(CC)Cc1ccc(CNC(=O)NCC(c2ccco2)N2CCCCC2)cc1. The molecular formula is C24H36N4O2. The van der Waals surface area contributed by atoms with E-state index in [4.69, 9.17) is 4.42 Å². The van der Waals surface area contributed by atoms with Gasteiger partial charge in [0.25, 0.3) is 0 Å². The predicted molar refractivity (Wildman–Crippen MR) is 120 cm³/mol. The van der Waals surface area contributed by atoms with Crippen LogP contribution in [0.15, 0.2) is 47.1 Å². The van der Waals surface area contributed by atoms with Crippen LogP contribution in [0.5, 0.6) is 0 Å². The number of nitrogens with zero attached hydrogens (tertiary/aromatic N) is 2. The topological polar surface area (TPSA) is 60.8 Å². The lowest BCUT2D eigenvalue weighted by Crippen LogP contribution is -2.43. The number of furan rings is 1. The first kappa shape index (κ1) is 22.4. The van der Waals surface area contributed by atoms with E-state index in [0.717, 1.165) is 44.0 Å². The summed E-state index contributed by atoms with van der Waals surface area (Å²) in [5.74, 6) is 0.918. The number of rotatable bonds is 10. The number of hydrogen-bond acceptors (Lipinski definition) is 4. The molecule has 164 valence electrons. The Hall–Kier alpha value is -2.31. The van der Waals surface area contributed by atoms with Crippen LogP contribution in [0.25, 0.3) is 0 Å². The van der Waals surface area contributed by atoms with E-state index in [0.29, 0.717) is 13.1 Å². The van der Waals surface area contributed by atoms with Crippen LogP contribution < -0.4 is 10.6 Å². The Bertz CT molecular complexity index is 735. The minimum absolute atomic E-state index is 0.0883. The molecule has 0 spiro atoms. The normalized spacial score (nSPS) is 15.8. The second kappa shape index (κ2) is 11.8. The van der Waals surface area contributed by atoms with Crippen molar-refractivity contribution in [3.63, 3.8) is 0 Å². The summed E-state index contributed by atoms with van der Waals surface area (Å²) >= 11 is 0. The summed E-state index contributed by atoms with van der Waals surface area (Å²) in [5.41, 5.74) is 2.40. The standard InChI is InChI=1S/C24H36N4O2/c1-3-27(4-2)19-21-12-10-20(11-13-21)17-25-24(29)26-18-22(23-9-8-16-30-23)28-14-6-5-7-15-28/h8-13,16,22H,3-7,14-15,17-19H2,1-2H3,(H2,25,26,29). The summed E-state index contributed by atoms with van der Waals surface area (Å²) in [6.45, 7) is 10.6. The van der Waals surface area contributed by atoms with Gasteiger partial charge < -0.3 is 15.1 Å². The first-order valence-corrected chi connectivity index (χ1v) is 11.3. The van der Waals surface area contributed by atoms with Gasteiger partial charge in [0.2, 0.25) is 0 Å². The van der Waals surface area contributed by atoms with Gasteiger partial charge >= 0.3 is 6.03 Å². The van der Waals surface area contributed by atoms with Gasteiger partial charge in [-0.25, -0.2) is 4.79 Å². The molecule has 0 saturated carbocycles. The maximum Gasteiger partial charge on any atom is 0.315 e. The van der Waals surface area contributed by atoms with E-state index < -0.39 is 0 Å². The van der Waals surface area contributed by atoms with Crippen molar-refractivity contribution in [1.82, 2.24) is 20.4 Å². The zero-order valence-electron chi connectivity index (χ0n) is 18.4. The fourth-order valence-electron chi connectivity index (χ4n) is 4.02. The molecule has 3 rings (SSSR count). The Morgan fingerprint density at radius 2 is 1.73 bits per heavy atom. The van der Waals surface area contributed by atoms with Gasteiger partial charge in [0.05, 0.1) is 12.3 Å². The lowest BCUT2D eigenvalue weighted by molar-refractivity contribution is 0.143. The molecule has 2 heterocycles. The number of nitrogens with one attached hydrogen (secondary N) is 2. The van der Waals surface area contributed by atoms with Crippen LogP contribution >= 0.6 is 0 Å². The zero-order valence-corrected chi connectivity index (χ0v) is 18.4. The van der Waals surface area contributed by atoms with E-state index in [1.54, 1.807) is 6.26 Å². The first-order chi connectivity index (χ1) is 14.7. The summed E-state index contributed by atoms with van der Waals surface area (Å²) in [7, 11) is 0. The quantitative estimate of drug-likeness (QED) is 0.615. The molecule has 1 aromatic carbocycles. The Morgan fingerprint density at radius 1 is 1.03 bits per heavy atom. The summed E-state index contributed by atoms with van der Waals surface area (Å²) in [4.78, 5) is 17.2. The molecule has 2 N–H and O–H groups in total. The highest BCUT2D eigenvalue weighted by atomic mass is 16.3. The number of carbonyl (C=O) groups is 1. The van der Waals surface area contributed by atoms with E-state index in [1.165, 1.54) is 24.8 Å². The minimum Gasteiger partial charge on any atom is -0.468 e. The first-order valence-electron chi connectivity index (χ1n) is 11.3. The van der Waals surface area contributed by atoms with E-state index in [9.17, 15) is 4.79 Å². The van der Waals surface area contributed by atoms with E-state index in [2.05, 4.69) is 58.5 Å². The Morgan fingerprint density at radius 3 is 2.37 bits per heavy atom. The van der Waals surface area contributed by atoms with Gasteiger partial charge in [0.15, 0.2) is 0 Å². The second-order valence-corrected chi connectivity index (χ2v) is 7.97. The van der Waals surface area contributed by atoms with Crippen molar-refractivity contribution in [1.29, 1.82) is 0 Å². The maximum absolute atomic E-state index is 12.4. The van der Waals surface area contributed by atoms with Crippen LogP contribution in [0, 0.1) is 0 Å². The Kier molecular flexibility index (Phi) is 8.78. The Balaban J connectivity index is 1.46. The molecule has 1 aliphatic rings. The van der Waals surface area contributed by atoms with Crippen molar-refractivity contribution >= 4 is 6.03 Å². The molecule has 0 radical (unpaired) electrons. The fourth-order valence-corrected chi connectivity index (χ4v) is 4.02. The van der Waals surface area contributed by atoms with E-state index >= 15 is 0 Å². The summed E-state index contributed by atoms with van der Waals surface area (Å²) in [6, 6.07) is 12.3. The highest BCUT2D eigenvalue weighted by Gasteiger charge is 2.24. The molecule has 30 heavy (non-hydrogen) atoms. The molecule has 1 saturated heterocycles. The number of urea groups is 1. The molecule has 1 aliphatic heterocycles. The third-order valence-electron chi connectivity index (χ3n) is 5.94. The average molecular weight is 413 g/mol. The number of hydrogen-bond donors (Lipinski definition) is 2. The molecule has 2 amide bonds. The minimum atomic E-state index is -0.143. The number of benzene rings is 1. The molecule has 1 unspecified atom stereocenters. The van der Waals surface area contributed by atoms with Crippen LogP contribution in [0.3, 0.4) is 0 Å². The fraction of sp³-hybridized carbons (Fsp3) is 0.542. The van der Waals surface area contributed by atoms with Gasteiger partial charge in [0.1, 0.15) is 5.76 Å². The van der Waals surface area contributed by atoms with Crippen LogP contribution in [0.4, 0.5) is 4.79 Å². The number of amides is 2. The molecule has 6 nitrogen and oxygen atoms in total.